The number of carbonyl (C=O) groups excluding carboxylic acids is 2. The van der Waals surface area contributed by atoms with E-state index in [0.717, 1.165) is 42.1 Å². The van der Waals surface area contributed by atoms with Gasteiger partial charge in [0.15, 0.2) is 0 Å². The molecule has 0 saturated carbocycles. The molecule has 1 N–H and O–H groups in total. The Morgan fingerprint density at radius 3 is 2.45 bits per heavy atom. The average molecular weight is 393 g/mol. The van der Waals surface area contributed by atoms with Crippen LogP contribution in [0.2, 0.25) is 0 Å². The lowest BCUT2D eigenvalue weighted by Crippen LogP contribution is -2.49. The first kappa shape index (κ1) is 19.4. The van der Waals surface area contributed by atoms with Crippen LogP contribution < -0.4 is 10.2 Å². The van der Waals surface area contributed by atoms with Crippen LogP contribution in [0.4, 0.5) is 5.82 Å². The molecule has 2 fully saturated rings. The molecule has 2 aliphatic rings. The van der Waals surface area contributed by atoms with Crippen molar-refractivity contribution < 1.29 is 9.59 Å². The summed E-state index contributed by atoms with van der Waals surface area (Å²) in [5.74, 6) is 0.780. The van der Waals surface area contributed by atoms with Gasteiger partial charge in [0.25, 0.3) is 5.91 Å². The van der Waals surface area contributed by atoms with Crippen LogP contribution in [0, 0.1) is 13.8 Å². The minimum atomic E-state index is -0.219. The maximum atomic E-state index is 12.9. The molecule has 0 aliphatic carbocycles. The van der Waals surface area contributed by atoms with Gasteiger partial charge < -0.3 is 15.1 Å². The number of hydrogen-bond acceptors (Lipinski definition) is 5. The molecule has 2 unspecified atom stereocenters. The Hall–Kier alpha value is -2.96. The molecular formula is C22H27N5O2. The van der Waals surface area contributed by atoms with Crippen LogP contribution in [0.3, 0.4) is 0 Å². The first-order valence-electron chi connectivity index (χ1n) is 10.2. The number of carbonyl (C=O) groups is 2. The first-order chi connectivity index (χ1) is 13.9. The van der Waals surface area contributed by atoms with Crippen LogP contribution in [0.5, 0.6) is 0 Å². The zero-order valence-corrected chi connectivity index (χ0v) is 17.2. The van der Waals surface area contributed by atoms with Crippen molar-refractivity contribution in [1.29, 1.82) is 0 Å². The molecule has 2 aliphatic heterocycles. The highest BCUT2D eigenvalue weighted by Crippen LogP contribution is 2.25. The maximum Gasteiger partial charge on any atom is 0.255 e. The Morgan fingerprint density at radius 2 is 1.86 bits per heavy atom. The van der Waals surface area contributed by atoms with Crippen molar-refractivity contribution in [2.24, 2.45) is 0 Å². The Kier molecular flexibility index (Phi) is 5.22. The lowest BCUT2D eigenvalue weighted by atomic mass is 10.0. The van der Waals surface area contributed by atoms with E-state index in [1.807, 2.05) is 31.0 Å². The number of nitrogens with zero attached hydrogens (tertiary/aromatic N) is 4. The van der Waals surface area contributed by atoms with Gasteiger partial charge in [-0.2, -0.15) is 0 Å². The lowest BCUT2D eigenvalue weighted by Gasteiger charge is -2.36. The standard InChI is InChI=1S/C22H27N5O2/c1-14-10-15(2)20(24-12-14)26-6-8-27(9-7-26)22(29)17-4-5-19(23-13-17)18-11-16(3)25-21(18)28/h4-5,10,12-13,16,18H,6-9,11H2,1-3H3,(H,25,28). The molecule has 0 spiro atoms. The van der Waals surface area contributed by atoms with Crippen molar-refractivity contribution in [3.8, 4) is 0 Å². The topological polar surface area (TPSA) is 78.4 Å². The number of aromatic nitrogens is 2. The third-order valence-electron chi connectivity index (χ3n) is 5.74. The van der Waals surface area contributed by atoms with Crippen molar-refractivity contribution in [1.82, 2.24) is 20.2 Å². The number of nitrogens with one attached hydrogen (secondary N) is 1. The summed E-state index contributed by atoms with van der Waals surface area (Å²) in [5, 5.41) is 2.92. The molecule has 7 nitrogen and oxygen atoms in total. The van der Waals surface area contributed by atoms with E-state index in [1.165, 1.54) is 0 Å². The molecule has 2 aromatic rings. The van der Waals surface area contributed by atoms with Gasteiger partial charge in [0.05, 0.1) is 17.2 Å². The molecule has 4 rings (SSSR count). The molecule has 2 amide bonds. The molecule has 29 heavy (non-hydrogen) atoms. The van der Waals surface area contributed by atoms with E-state index in [4.69, 9.17) is 0 Å². The van der Waals surface area contributed by atoms with Crippen molar-refractivity contribution in [2.75, 3.05) is 31.1 Å². The predicted molar refractivity (Wildman–Crippen MR) is 111 cm³/mol. The van der Waals surface area contributed by atoms with Gasteiger partial charge in [0.1, 0.15) is 5.82 Å². The summed E-state index contributed by atoms with van der Waals surface area (Å²) >= 11 is 0. The molecule has 2 atom stereocenters. The van der Waals surface area contributed by atoms with E-state index in [9.17, 15) is 9.59 Å². The molecule has 2 aromatic heterocycles. The van der Waals surface area contributed by atoms with E-state index in [-0.39, 0.29) is 23.8 Å². The number of amides is 2. The highest BCUT2D eigenvalue weighted by atomic mass is 16.2. The summed E-state index contributed by atoms with van der Waals surface area (Å²) in [4.78, 5) is 38.0. The van der Waals surface area contributed by atoms with Gasteiger partial charge in [0.2, 0.25) is 5.91 Å². The SMILES string of the molecule is Cc1cnc(N2CCN(C(=O)c3ccc(C4CC(C)NC4=O)nc3)CC2)c(C)c1. The number of hydrogen-bond donors (Lipinski definition) is 1. The summed E-state index contributed by atoms with van der Waals surface area (Å²) in [6, 6.07) is 5.90. The van der Waals surface area contributed by atoms with E-state index < -0.39 is 0 Å². The highest BCUT2D eigenvalue weighted by Gasteiger charge is 2.32. The number of piperazine rings is 1. The van der Waals surface area contributed by atoms with Crippen molar-refractivity contribution in [3.05, 3.63) is 53.0 Å². The molecule has 0 aromatic carbocycles. The zero-order chi connectivity index (χ0) is 20.5. The Labute approximate surface area is 171 Å². The van der Waals surface area contributed by atoms with Gasteiger partial charge in [-0.15, -0.1) is 0 Å². The molecule has 7 heteroatoms. The minimum absolute atomic E-state index is 0.0125. The van der Waals surface area contributed by atoms with Crippen molar-refractivity contribution >= 4 is 17.6 Å². The summed E-state index contributed by atoms with van der Waals surface area (Å²) in [5.41, 5.74) is 3.61. The van der Waals surface area contributed by atoms with Gasteiger partial charge in [-0.05, 0) is 50.5 Å². The molecule has 152 valence electrons. The number of pyridine rings is 2. The quantitative estimate of drug-likeness (QED) is 0.864. The molecule has 2 saturated heterocycles. The van der Waals surface area contributed by atoms with Crippen LogP contribution in [-0.4, -0.2) is 58.9 Å². The van der Waals surface area contributed by atoms with E-state index >= 15 is 0 Å². The molecular weight excluding hydrogens is 366 g/mol. The maximum absolute atomic E-state index is 12.9. The first-order valence-corrected chi connectivity index (χ1v) is 10.2. The van der Waals surface area contributed by atoms with Crippen molar-refractivity contribution in [3.63, 3.8) is 0 Å². The third-order valence-corrected chi connectivity index (χ3v) is 5.74. The fourth-order valence-electron chi connectivity index (χ4n) is 4.20. The van der Waals surface area contributed by atoms with Gasteiger partial charge in [-0.1, -0.05) is 6.07 Å². The Morgan fingerprint density at radius 1 is 1.10 bits per heavy atom. The Balaban J connectivity index is 1.39. The van der Waals surface area contributed by atoms with Gasteiger partial charge >= 0.3 is 0 Å². The summed E-state index contributed by atoms with van der Waals surface area (Å²) in [6.07, 6.45) is 4.23. The minimum Gasteiger partial charge on any atom is -0.353 e. The lowest BCUT2D eigenvalue weighted by molar-refractivity contribution is -0.120. The van der Waals surface area contributed by atoms with Gasteiger partial charge in [0, 0.05) is 44.6 Å². The second-order valence-electron chi connectivity index (χ2n) is 8.10. The fraction of sp³-hybridized carbons (Fsp3) is 0.455. The molecule has 4 heterocycles. The van der Waals surface area contributed by atoms with E-state index in [0.29, 0.717) is 18.7 Å². The number of anilines is 1. The second-order valence-corrected chi connectivity index (χ2v) is 8.10. The predicted octanol–water partition coefficient (Wildman–Crippen LogP) is 2.05. The Bertz CT molecular complexity index is 919. The third kappa shape index (κ3) is 3.95. The van der Waals surface area contributed by atoms with E-state index in [2.05, 4.69) is 33.2 Å². The van der Waals surface area contributed by atoms with Crippen LogP contribution >= 0.6 is 0 Å². The van der Waals surface area contributed by atoms with E-state index in [1.54, 1.807) is 12.3 Å². The van der Waals surface area contributed by atoms with Crippen LogP contribution in [0.25, 0.3) is 0 Å². The van der Waals surface area contributed by atoms with Crippen LogP contribution in [0.15, 0.2) is 30.6 Å². The largest absolute Gasteiger partial charge is 0.353 e. The zero-order valence-electron chi connectivity index (χ0n) is 17.2. The number of rotatable bonds is 3. The van der Waals surface area contributed by atoms with Gasteiger partial charge in [-0.3, -0.25) is 14.6 Å². The molecule has 0 bridgehead atoms. The fourth-order valence-corrected chi connectivity index (χ4v) is 4.20. The van der Waals surface area contributed by atoms with Crippen LogP contribution in [0.1, 0.15) is 46.4 Å². The monoisotopic (exact) mass is 393 g/mol. The summed E-state index contributed by atoms with van der Waals surface area (Å²) in [7, 11) is 0. The van der Waals surface area contributed by atoms with Crippen LogP contribution in [-0.2, 0) is 4.79 Å². The summed E-state index contributed by atoms with van der Waals surface area (Å²) in [6.45, 7) is 8.92. The number of aryl methyl sites for hydroxylation is 2. The van der Waals surface area contributed by atoms with Crippen molar-refractivity contribution in [2.45, 2.75) is 39.2 Å². The summed E-state index contributed by atoms with van der Waals surface area (Å²) < 4.78 is 0. The highest BCUT2D eigenvalue weighted by molar-refractivity contribution is 5.94. The van der Waals surface area contributed by atoms with Gasteiger partial charge in [-0.25, -0.2) is 4.98 Å². The average Bonchev–Trinajstić information content (AvgIpc) is 3.06. The second kappa shape index (κ2) is 7.81. The molecule has 0 radical (unpaired) electrons. The smallest absolute Gasteiger partial charge is 0.255 e. The normalized spacial score (nSPS) is 22.0.